The minimum absolute atomic E-state index is 0.271. The van der Waals surface area contributed by atoms with Crippen molar-refractivity contribution in [1.29, 1.82) is 0 Å². The Morgan fingerprint density at radius 2 is 2.17 bits per heavy atom. The number of hydrogen-bond acceptors (Lipinski definition) is 1. The minimum Gasteiger partial charge on any atom is -0.507 e. The first-order valence-corrected chi connectivity index (χ1v) is 4.03. The summed E-state index contributed by atoms with van der Waals surface area (Å²) in [6.07, 6.45) is 1.83. The van der Waals surface area contributed by atoms with Crippen LogP contribution in [0.5, 0.6) is 5.75 Å². The summed E-state index contributed by atoms with van der Waals surface area (Å²) in [4.78, 5) is 3.00. The van der Waals surface area contributed by atoms with Gasteiger partial charge in [0.2, 0.25) is 0 Å². The van der Waals surface area contributed by atoms with Crippen molar-refractivity contribution in [3.05, 3.63) is 28.9 Å². The monoisotopic (exact) mass is 181 g/mol. The van der Waals surface area contributed by atoms with Crippen molar-refractivity contribution in [2.24, 2.45) is 0 Å². The van der Waals surface area contributed by atoms with Crippen molar-refractivity contribution in [3.63, 3.8) is 0 Å². The summed E-state index contributed by atoms with van der Waals surface area (Å²) in [5.74, 6) is 0.271. The van der Waals surface area contributed by atoms with E-state index in [4.69, 9.17) is 11.6 Å². The first-order valence-electron chi connectivity index (χ1n) is 3.65. The quantitative estimate of drug-likeness (QED) is 0.644. The Morgan fingerprint density at radius 1 is 1.42 bits per heavy atom. The highest BCUT2D eigenvalue weighted by molar-refractivity contribution is 6.35. The van der Waals surface area contributed by atoms with Crippen LogP contribution in [-0.4, -0.2) is 10.1 Å². The number of phenols is 1. The van der Waals surface area contributed by atoms with Crippen molar-refractivity contribution in [1.82, 2.24) is 4.98 Å². The van der Waals surface area contributed by atoms with Crippen LogP contribution < -0.4 is 0 Å². The smallest absolute Gasteiger partial charge is 0.125 e. The number of halogens is 1. The highest BCUT2D eigenvalue weighted by atomic mass is 35.5. The summed E-state index contributed by atoms with van der Waals surface area (Å²) in [5.41, 5.74) is 1.80. The van der Waals surface area contributed by atoms with Gasteiger partial charge in [-0.2, -0.15) is 0 Å². The Balaban J connectivity index is 2.98. The Hall–Kier alpha value is -1.15. The summed E-state index contributed by atoms with van der Waals surface area (Å²) in [6, 6.07) is 3.28. The molecular weight excluding hydrogens is 174 g/mol. The molecule has 0 radical (unpaired) electrons. The van der Waals surface area contributed by atoms with Crippen molar-refractivity contribution in [2.75, 3.05) is 0 Å². The molecule has 2 rings (SSSR count). The van der Waals surface area contributed by atoms with Gasteiger partial charge in [-0.1, -0.05) is 11.6 Å². The summed E-state index contributed by atoms with van der Waals surface area (Å²) in [7, 11) is 0. The molecule has 0 saturated heterocycles. The predicted molar refractivity (Wildman–Crippen MR) is 49.7 cm³/mol. The third-order valence-corrected chi connectivity index (χ3v) is 2.27. The lowest BCUT2D eigenvalue weighted by Gasteiger charge is -1.97. The maximum atomic E-state index is 9.49. The summed E-state index contributed by atoms with van der Waals surface area (Å²) in [5, 5.41) is 10.9. The van der Waals surface area contributed by atoms with E-state index >= 15 is 0 Å². The van der Waals surface area contributed by atoms with Gasteiger partial charge >= 0.3 is 0 Å². The molecule has 0 atom stereocenters. The third kappa shape index (κ3) is 0.883. The molecule has 1 aromatic heterocycles. The van der Waals surface area contributed by atoms with E-state index in [2.05, 4.69) is 4.98 Å². The Kier molecular flexibility index (Phi) is 1.51. The molecular formula is C9H8ClNO. The number of aromatic amines is 1. The van der Waals surface area contributed by atoms with Gasteiger partial charge in [-0.15, -0.1) is 0 Å². The zero-order valence-corrected chi connectivity index (χ0v) is 7.31. The van der Waals surface area contributed by atoms with E-state index in [1.54, 1.807) is 12.1 Å². The summed E-state index contributed by atoms with van der Waals surface area (Å²) < 4.78 is 0. The van der Waals surface area contributed by atoms with Crippen LogP contribution in [0.25, 0.3) is 10.9 Å². The van der Waals surface area contributed by atoms with E-state index in [1.807, 2.05) is 13.1 Å². The Morgan fingerprint density at radius 3 is 2.83 bits per heavy atom. The zero-order valence-electron chi connectivity index (χ0n) is 6.56. The molecule has 12 heavy (non-hydrogen) atoms. The topological polar surface area (TPSA) is 36.0 Å². The summed E-state index contributed by atoms with van der Waals surface area (Å²) in [6.45, 7) is 1.93. The lowest BCUT2D eigenvalue weighted by Crippen LogP contribution is -1.72. The Labute approximate surface area is 74.8 Å². The number of aromatic nitrogens is 1. The maximum Gasteiger partial charge on any atom is 0.125 e. The second-order valence-corrected chi connectivity index (χ2v) is 3.20. The number of H-pyrrole nitrogens is 1. The van der Waals surface area contributed by atoms with Crippen molar-refractivity contribution >= 4 is 22.5 Å². The first kappa shape index (κ1) is 7.50. The SMILES string of the molecule is Cc1c[nH]c2c(Cl)ccc(O)c12. The molecule has 2 nitrogen and oxygen atoms in total. The van der Waals surface area contributed by atoms with Crippen LogP contribution in [0.15, 0.2) is 18.3 Å². The van der Waals surface area contributed by atoms with Gasteiger partial charge in [0.15, 0.2) is 0 Å². The van der Waals surface area contributed by atoms with Crippen LogP contribution >= 0.6 is 11.6 Å². The van der Waals surface area contributed by atoms with Crippen LogP contribution in [0.2, 0.25) is 5.02 Å². The van der Waals surface area contributed by atoms with E-state index in [0.717, 1.165) is 16.5 Å². The number of benzene rings is 1. The van der Waals surface area contributed by atoms with Crippen LogP contribution in [0.4, 0.5) is 0 Å². The molecule has 0 fully saturated rings. The number of phenolic OH excluding ortho intramolecular Hbond substituents is 1. The van der Waals surface area contributed by atoms with Gasteiger partial charge in [-0.05, 0) is 24.6 Å². The zero-order chi connectivity index (χ0) is 8.72. The number of rotatable bonds is 0. The highest BCUT2D eigenvalue weighted by Gasteiger charge is 2.07. The number of aromatic hydroxyl groups is 1. The fourth-order valence-corrected chi connectivity index (χ4v) is 1.57. The van der Waals surface area contributed by atoms with E-state index in [-0.39, 0.29) is 5.75 Å². The molecule has 2 aromatic rings. The molecule has 3 heteroatoms. The van der Waals surface area contributed by atoms with E-state index in [1.165, 1.54) is 0 Å². The van der Waals surface area contributed by atoms with Gasteiger partial charge in [-0.3, -0.25) is 0 Å². The van der Waals surface area contributed by atoms with Crippen LogP contribution in [0.3, 0.4) is 0 Å². The molecule has 0 aliphatic heterocycles. The van der Waals surface area contributed by atoms with Gasteiger partial charge in [0, 0.05) is 11.6 Å². The van der Waals surface area contributed by atoms with Crippen molar-refractivity contribution < 1.29 is 5.11 Å². The van der Waals surface area contributed by atoms with Gasteiger partial charge in [0.05, 0.1) is 10.5 Å². The number of hydrogen-bond donors (Lipinski definition) is 2. The normalized spacial score (nSPS) is 10.8. The molecule has 0 aliphatic rings. The second-order valence-electron chi connectivity index (χ2n) is 2.79. The lowest BCUT2D eigenvalue weighted by atomic mass is 10.2. The predicted octanol–water partition coefficient (Wildman–Crippen LogP) is 2.84. The molecule has 1 heterocycles. The fraction of sp³-hybridized carbons (Fsp3) is 0.111. The molecule has 62 valence electrons. The molecule has 0 unspecified atom stereocenters. The molecule has 2 N–H and O–H groups in total. The molecule has 1 aromatic carbocycles. The first-order chi connectivity index (χ1) is 5.70. The molecule has 0 amide bonds. The number of nitrogens with one attached hydrogen (secondary N) is 1. The fourth-order valence-electron chi connectivity index (χ4n) is 1.36. The van der Waals surface area contributed by atoms with Gasteiger partial charge in [0.25, 0.3) is 0 Å². The van der Waals surface area contributed by atoms with Crippen molar-refractivity contribution in [2.45, 2.75) is 6.92 Å². The van der Waals surface area contributed by atoms with Crippen LogP contribution in [0.1, 0.15) is 5.56 Å². The third-order valence-electron chi connectivity index (χ3n) is 1.96. The lowest BCUT2D eigenvalue weighted by molar-refractivity contribution is 0.481. The average Bonchev–Trinajstić information content (AvgIpc) is 2.42. The average molecular weight is 182 g/mol. The van der Waals surface area contributed by atoms with Crippen LogP contribution in [-0.2, 0) is 0 Å². The van der Waals surface area contributed by atoms with Crippen LogP contribution in [0, 0.1) is 6.92 Å². The maximum absolute atomic E-state index is 9.49. The number of fused-ring (bicyclic) bond motifs is 1. The largest absolute Gasteiger partial charge is 0.507 e. The van der Waals surface area contributed by atoms with Gasteiger partial charge < -0.3 is 10.1 Å². The standard InChI is InChI=1S/C9H8ClNO/c1-5-4-11-9-6(10)2-3-7(12)8(5)9/h2-4,11-12H,1H3. The van der Waals surface area contributed by atoms with E-state index < -0.39 is 0 Å². The van der Waals surface area contributed by atoms with Gasteiger partial charge in [-0.25, -0.2) is 0 Å². The molecule has 0 spiro atoms. The molecule has 0 bridgehead atoms. The number of aryl methyl sites for hydroxylation is 1. The minimum atomic E-state index is 0.271. The summed E-state index contributed by atoms with van der Waals surface area (Å²) >= 11 is 5.90. The van der Waals surface area contributed by atoms with E-state index in [9.17, 15) is 5.11 Å². The molecule has 0 aliphatic carbocycles. The van der Waals surface area contributed by atoms with Gasteiger partial charge in [0.1, 0.15) is 5.75 Å². The van der Waals surface area contributed by atoms with E-state index in [0.29, 0.717) is 5.02 Å². The Bertz CT molecular complexity index is 433. The molecule has 0 saturated carbocycles. The van der Waals surface area contributed by atoms with Crippen molar-refractivity contribution in [3.8, 4) is 5.75 Å². The second kappa shape index (κ2) is 2.42. The highest BCUT2D eigenvalue weighted by Crippen LogP contribution is 2.31.